The van der Waals surface area contributed by atoms with Crippen LogP contribution in [0.1, 0.15) is 41.6 Å². The summed E-state index contributed by atoms with van der Waals surface area (Å²) >= 11 is 0. The quantitative estimate of drug-likeness (QED) is 0.243. The number of amides is 1. The number of hydrogen-bond acceptors (Lipinski definition) is 4. The molecule has 0 atom stereocenters. The van der Waals surface area contributed by atoms with E-state index in [-0.39, 0.29) is 12.5 Å². The van der Waals surface area contributed by atoms with Crippen LogP contribution in [-0.2, 0) is 35.2 Å². The van der Waals surface area contributed by atoms with Gasteiger partial charge in [0.1, 0.15) is 11.5 Å². The highest BCUT2D eigenvalue weighted by molar-refractivity contribution is 5.78. The van der Waals surface area contributed by atoms with Crippen LogP contribution in [-0.4, -0.2) is 48.6 Å². The van der Waals surface area contributed by atoms with Crippen LogP contribution >= 0.6 is 0 Å². The van der Waals surface area contributed by atoms with Crippen LogP contribution in [0.2, 0.25) is 0 Å². The van der Waals surface area contributed by atoms with Crippen molar-refractivity contribution in [1.29, 1.82) is 0 Å². The number of nitrogens with zero attached hydrogens (tertiary/aromatic N) is 2. The van der Waals surface area contributed by atoms with Crippen LogP contribution in [0.25, 0.3) is 0 Å². The molecule has 0 aliphatic rings. The van der Waals surface area contributed by atoms with Gasteiger partial charge in [0.05, 0.1) is 18.7 Å². The molecule has 37 heavy (non-hydrogen) atoms. The molecule has 0 saturated carbocycles. The van der Waals surface area contributed by atoms with E-state index < -0.39 is 11.7 Å². The molecule has 0 bridgehead atoms. The van der Waals surface area contributed by atoms with E-state index in [1.807, 2.05) is 61.2 Å². The Kier molecular flexibility index (Phi) is 10.8. The van der Waals surface area contributed by atoms with Crippen LogP contribution < -0.4 is 0 Å². The van der Waals surface area contributed by atoms with Gasteiger partial charge in [0.25, 0.3) is 0 Å². The summed E-state index contributed by atoms with van der Waals surface area (Å²) in [5, 5.41) is 0. The van der Waals surface area contributed by atoms with Crippen molar-refractivity contribution in [3.8, 4) is 0 Å². The molecule has 0 spiro atoms. The van der Waals surface area contributed by atoms with Crippen molar-refractivity contribution < 1.29 is 27.1 Å². The number of hydrogen-bond donors (Lipinski definition) is 0. The third-order valence-electron chi connectivity index (χ3n) is 6.02. The third-order valence-corrected chi connectivity index (χ3v) is 6.02. The van der Waals surface area contributed by atoms with Gasteiger partial charge in [-0.25, -0.2) is 0 Å². The Balaban J connectivity index is 1.71. The Morgan fingerprint density at radius 2 is 1.65 bits per heavy atom. The average Bonchev–Trinajstić information content (AvgIpc) is 3.29. The number of alkyl halides is 3. The van der Waals surface area contributed by atoms with Gasteiger partial charge < -0.3 is 14.1 Å². The second kappa shape index (κ2) is 14.0. The minimum absolute atomic E-state index is 0.0618. The van der Waals surface area contributed by atoms with E-state index in [1.54, 1.807) is 4.90 Å². The van der Waals surface area contributed by atoms with Crippen LogP contribution in [0, 0.1) is 6.92 Å². The summed E-state index contributed by atoms with van der Waals surface area (Å²) in [5.41, 5.74) is 1.17. The largest absolute Gasteiger partial charge is 0.464 e. The first-order valence-electron chi connectivity index (χ1n) is 12.6. The second-order valence-corrected chi connectivity index (χ2v) is 9.02. The molecule has 3 aromatic rings. The highest BCUT2D eigenvalue weighted by Gasteiger charge is 2.30. The highest BCUT2D eigenvalue weighted by Crippen LogP contribution is 2.29. The minimum atomic E-state index is -4.38. The number of aryl methyl sites for hydroxylation is 1. The molecule has 0 aliphatic heterocycles. The fourth-order valence-corrected chi connectivity index (χ4v) is 4.06. The molecule has 0 unspecified atom stereocenters. The molecule has 3 rings (SSSR count). The van der Waals surface area contributed by atoms with E-state index in [2.05, 4.69) is 0 Å². The van der Waals surface area contributed by atoms with E-state index >= 15 is 0 Å². The molecule has 0 radical (unpaired) electrons. The topological polar surface area (TPSA) is 45.9 Å². The molecule has 1 heterocycles. The van der Waals surface area contributed by atoms with Gasteiger partial charge in [0.2, 0.25) is 5.91 Å². The Labute approximate surface area is 216 Å². The van der Waals surface area contributed by atoms with Crippen LogP contribution in [0.15, 0.2) is 71.1 Å². The minimum Gasteiger partial charge on any atom is -0.464 e. The molecule has 0 aliphatic carbocycles. The molecule has 5 nitrogen and oxygen atoms in total. The van der Waals surface area contributed by atoms with Crippen molar-refractivity contribution in [3.05, 3.63) is 94.9 Å². The summed E-state index contributed by atoms with van der Waals surface area (Å²) in [6.07, 6.45) is -2.96. The average molecular weight is 517 g/mol. The Morgan fingerprint density at radius 3 is 2.27 bits per heavy atom. The van der Waals surface area contributed by atoms with Gasteiger partial charge in [0, 0.05) is 32.8 Å². The summed E-state index contributed by atoms with van der Waals surface area (Å²) in [5.74, 6) is 1.43. The van der Waals surface area contributed by atoms with Gasteiger partial charge in [-0.2, -0.15) is 13.2 Å². The van der Waals surface area contributed by atoms with E-state index in [1.165, 1.54) is 12.1 Å². The summed E-state index contributed by atoms with van der Waals surface area (Å²) in [6.45, 7) is 6.91. The first-order chi connectivity index (χ1) is 17.7. The Morgan fingerprint density at radius 1 is 0.919 bits per heavy atom. The maximum absolute atomic E-state index is 13.5. The normalized spacial score (nSPS) is 11.7. The predicted molar refractivity (Wildman–Crippen MR) is 137 cm³/mol. The van der Waals surface area contributed by atoms with Gasteiger partial charge in [0.15, 0.2) is 0 Å². The van der Waals surface area contributed by atoms with Crippen molar-refractivity contribution in [2.24, 2.45) is 0 Å². The van der Waals surface area contributed by atoms with Crippen LogP contribution in [0.4, 0.5) is 13.2 Å². The standard InChI is InChI=1S/C29H35F3N2O3/c1-3-36-19-7-17-33(20-25-11-13-26(14-12-25)29(30,31)32)22-28(35)34(21-27-15-10-23(2)37-27)18-16-24-8-5-4-6-9-24/h4-6,8-15H,3,7,16-22H2,1-2H3. The van der Waals surface area contributed by atoms with Crippen molar-refractivity contribution in [3.63, 3.8) is 0 Å². The maximum Gasteiger partial charge on any atom is 0.416 e. The Hall–Kier alpha value is -3.10. The molecule has 1 amide bonds. The number of carbonyl (C=O) groups is 1. The number of halogens is 3. The summed E-state index contributed by atoms with van der Waals surface area (Å²) in [7, 11) is 0. The highest BCUT2D eigenvalue weighted by atomic mass is 19.4. The van der Waals surface area contributed by atoms with Crippen molar-refractivity contribution in [1.82, 2.24) is 9.80 Å². The van der Waals surface area contributed by atoms with Gasteiger partial charge in [-0.15, -0.1) is 0 Å². The summed E-state index contributed by atoms with van der Waals surface area (Å²) < 4.78 is 50.1. The second-order valence-electron chi connectivity index (χ2n) is 9.02. The Bertz CT molecular complexity index is 1080. The van der Waals surface area contributed by atoms with Crippen LogP contribution in [0.3, 0.4) is 0 Å². The molecule has 0 N–H and O–H groups in total. The zero-order valence-electron chi connectivity index (χ0n) is 21.5. The molecule has 8 heteroatoms. The molecular weight excluding hydrogens is 481 g/mol. The van der Waals surface area contributed by atoms with Crippen molar-refractivity contribution in [2.75, 3.05) is 32.8 Å². The van der Waals surface area contributed by atoms with Gasteiger partial charge in [-0.05, 0) is 62.1 Å². The number of carbonyl (C=O) groups excluding carboxylic acids is 1. The van der Waals surface area contributed by atoms with Crippen molar-refractivity contribution in [2.45, 2.75) is 46.0 Å². The molecule has 0 saturated heterocycles. The van der Waals surface area contributed by atoms with E-state index in [9.17, 15) is 18.0 Å². The van der Waals surface area contributed by atoms with Gasteiger partial charge >= 0.3 is 6.18 Å². The predicted octanol–water partition coefficient (Wildman–Crippen LogP) is 6.11. The SMILES string of the molecule is CCOCCCN(CC(=O)N(CCc1ccccc1)Cc1ccc(C)o1)Cc1ccc(C(F)(F)F)cc1. The maximum atomic E-state index is 13.5. The van der Waals surface area contributed by atoms with E-state index in [0.29, 0.717) is 58.0 Å². The van der Waals surface area contributed by atoms with Crippen LogP contribution in [0.5, 0.6) is 0 Å². The molecule has 1 aromatic heterocycles. The molecule has 200 valence electrons. The van der Waals surface area contributed by atoms with Gasteiger partial charge in [-0.3, -0.25) is 9.69 Å². The first-order valence-corrected chi connectivity index (χ1v) is 12.6. The molecule has 2 aromatic carbocycles. The number of ether oxygens (including phenoxy) is 1. The smallest absolute Gasteiger partial charge is 0.416 e. The lowest BCUT2D eigenvalue weighted by Gasteiger charge is -2.27. The number of benzene rings is 2. The molecule has 0 fully saturated rings. The van der Waals surface area contributed by atoms with E-state index in [0.717, 1.165) is 29.0 Å². The monoisotopic (exact) mass is 516 g/mol. The summed E-state index contributed by atoms with van der Waals surface area (Å²) in [4.78, 5) is 17.3. The molecular formula is C29H35F3N2O3. The zero-order valence-corrected chi connectivity index (χ0v) is 21.5. The van der Waals surface area contributed by atoms with Gasteiger partial charge in [-0.1, -0.05) is 42.5 Å². The van der Waals surface area contributed by atoms with Crippen molar-refractivity contribution >= 4 is 5.91 Å². The number of rotatable bonds is 14. The fraction of sp³-hybridized carbons (Fsp3) is 0.414. The summed E-state index contributed by atoms with van der Waals surface area (Å²) in [6, 6.07) is 18.8. The number of furan rings is 1. The third kappa shape index (κ3) is 9.70. The zero-order chi connectivity index (χ0) is 26.7. The lowest BCUT2D eigenvalue weighted by molar-refractivity contribution is -0.137. The van der Waals surface area contributed by atoms with E-state index in [4.69, 9.17) is 9.15 Å². The first kappa shape index (κ1) is 28.5. The lowest BCUT2D eigenvalue weighted by atomic mass is 10.1. The lowest BCUT2D eigenvalue weighted by Crippen LogP contribution is -2.41. The fourth-order valence-electron chi connectivity index (χ4n) is 4.06.